The lowest BCUT2D eigenvalue weighted by Gasteiger charge is -1.96. The number of hydrogen-bond acceptors (Lipinski definition) is 2. The van der Waals surface area contributed by atoms with E-state index in [2.05, 4.69) is 17.9 Å². The molecule has 2 heteroatoms. The first-order valence-corrected chi connectivity index (χ1v) is 4.14. The van der Waals surface area contributed by atoms with E-state index in [9.17, 15) is 0 Å². The van der Waals surface area contributed by atoms with Crippen molar-refractivity contribution in [3.8, 4) is 24.0 Å². The highest BCUT2D eigenvalue weighted by atomic mass is 14.2. The Morgan fingerprint density at radius 1 is 1.21 bits per heavy atom. The quantitative estimate of drug-likeness (QED) is 0.574. The second kappa shape index (κ2) is 4.70. The van der Waals surface area contributed by atoms with Gasteiger partial charge in [0.25, 0.3) is 0 Å². The molecule has 14 heavy (non-hydrogen) atoms. The van der Waals surface area contributed by atoms with Gasteiger partial charge in [0.2, 0.25) is 0 Å². The fraction of sp³-hybridized carbons (Fsp3) is 0.167. The van der Waals surface area contributed by atoms with E-state index in [-0.39, 0.29) is 6.42 Å². The summed E-state index contributed by atoms with van der Waals surface area (Å²) >= 11 is 0. The number of aryl methyl sites for hydroxylation is 1. The van der Waals surface area contributed by atoms with Crippen molar-refractivity contribution < 1.29 is 0 Å². The topological polar surface area (TPSA) is 47.6 Å². The maximum Gasteiger partial charge on any atom is 0.100 e. The lowest BCUT2D eigenvalue weighted by molar-refractivity contribution is 1.38. The van der Waals surface area contributed by atoms with E-state index in [1.54, 1.807) is 6.07 Å². The van der Waals surface area contributed by atoms with E-state index in [0.29, 0.717) is 11.1 Å². The van der Waals surface area contributed by atoms with Gasteiger partial charge in [-0.3, -0.25) is 0 Å². The largest absolute Gasteiger partial charge is 0.197 e. The third-order valence-electron chi connectivity index (χ3n) is 1.69. The van der Waals surface area contributed by atoms with Crippen molar-refractivity contribution in [2.45, 2.75) is 13.3 Å². The Bertz CT molecular complexity index is 476. The van der Waals surface area contributed by atoms with Crippen LogP contribution in [0.1, 0.15) is 23.1 Å². The predicted octanol–water partition coefficient (Wildman–Crippen LogP) is 2.13. The van der Waals surface area contributed by atoms with Crippen molar-refractivity contribution in [3.63, 3.8) is 0 Å². The summed E-state index contributed by atoms with van der Waals surface area (Å²) in [4.78, 5) is 0. The van der Waals surface area contributed by atoms with Crippen molar-refractivity contribution >= 4 is 0 Å². The standard InChI is InChI=1S/C12H8N2/c1-10-5-6-12(9-14)11(8-10)4-2-3-7-13/h5-6,8H,3H2,1H3. The monoisotopic (exact) mass is 180 g/mol. The molecule has 0 bridgehead atoms. The molecular formula is C12H8N2. The Hall–Kier alpha value is -2.24. The Morgan fingerprint density at radius 2 is 2.00 bits per heavy atom. The molecule has 0 heterocycles. The summed E-state index contributed by atoms with van der Waals surface area (Å²) < 4.78 is 0. The van der Waals surface area contributed by atoms with E-state index >= 15 is 0 Å². The van der Waals surface area contributed by atoms with Crippen LogP contribution in [0, 0.1) is 41.4 Å². The molecule has 2 nitrogen and oxygen atoms in total. The molecule has 0 spiro atoms. The third kappa shape index (κ3) is 2.37. The zero-order valence-corrected chi connectivity index (χ0v) is 7.83. The van der Waals surface area contributed by atoms with E-state index in [1.807, 2.05) is 25.1 Å². The molecule has 1 aromatic carbocycles. The summed E-state index contributed by atoms with van der Waals surface area (Å²) in [5, 5.41) is 17.1. The highest BCUT2D eigenvalue weighted by Gasteiger charge is 1.97. The van der Waals surface area contributed by atoms with Crippen LogP contribution in [0.25, 0.3) is 0 Å². The summed E-state index contributed by atoms with van der Waals surface area (Å²) in [5.41, 5.74) is 2.31. The summed E-state index contributed by atoms with van der Waals surface area (Å²) in [5.74, 6) is 5.50. The first-order valence-electron chi connectivity index (χ1n) is 4.14. The molecule has 0 fully saturated rings. The van der Waals surface area contributed by atoms with Crippen LogP contribution < -0.4 is 0 Å². The maximum atomic E-state index is 8.78. The summed E-state index contributed by atoms with van der Waals surface area (Å²) in [6, 6.07) is 9.46. The smallest absolute Gasteiger partial charge is 0.100 e. The van der Waals surface area contributed by atoms with Gasteiger partial charge in [0, 0.05) is 5.56 Å². The molecule has 0 saturated carbocycles. The van der Waals surface area contributed by atoms with Crippen molar-refractivity contribution in [1.82, 2.24) is 0 Å². The minimum Gasteiger partial charge on any atom is -0.197 e. The van der Waals surface area contributed by atoms with Crippen molar-refractivity contribution in [1.29, 1.82) is 10.5 Å². The van der Waals surface area contributed by atoms with Gasteiger partial charge in [-0.05, 0) is 24.6 Å². The SMILES string of the molecule is Cc1ccc(C#N)c(C#CCC#N)c1. The van der Waals surface area contributed by atoms with Crippen LogP contribution in [0.2, 0.25) is 0 Å². The highest BCUT2D eigenvalue weighted by Crippen LogP contribution is 2.09. The molecule has 1 aromatic rings. The number of rotatable bonds is 0. The molecule has 1 rings (SSSR count). The lowest BCUT2D eigenvalue weighted by Crippen LogP contribution is -1.84. The minimum atomic E-state index is 0.193. The third-order valence-corrected chi connectivity index (χ3v) is 1.69. The van der Waals surface area contributed by atoms with E-state index < -0.39 is 0 Å². The van der Waals surface area contributed by atoms with Gasteiger partial charge in [-0.1, -0.05) is 17.9 Å². The summed E-state index contributed by atoms with van der Waals surface area (Å²) in [7, 11) is 0. The normalized spacial score (nSPS) is 7.93. The van der Waals surface area contributed by atoms with Crippen molar-refractivity contribution in [2.75, 3.05) is 0 Å². The maximum absolute atomic E-state index is 8.78. The van der Waals surface area contributed by atoms with E-state index in [1.165, 1.54) is 0 Å². The van der Waals surface area contributed by atoms with Crippen LogP contribution in [-0.4, -0.2) is 0 Å². The molecule has 0 unspecified atom stereocenters. The highest BCUT2D eigenvalue weighted by molar-refractivity contribution is 5.49. The Balaban J connectivity index is 3.10. The van der Waals surface area contributed by atoms with E-state index in [4.69, 9.17) is 10.5 Å². The molecule has 0 N–H and O–H groups in total. The van der Waals surface area contributed by atoms with Gasteiger partial charge in [0.15, 0.2) is 0 Å². The molecule has 0 aliphatic heterocycles. The number of benzene rings is 1. The first-order chi connectivity index (χ1) is 6.77. The van der Waals surface area contributed by atoms with Crippen molar-refractivity contribution in [2.24, 2.45) is 0 Å². The lowest BCUT2D eigenvalue weighted by atomic mass is 10.1. The van der Waals surface area contributed by atoms with Gasteiger partial charge >= 0.3 is 0 Å². The van der Waals surface area contributed by atoms with E-state index in [0.717, 1.165) is 5.56 Å². The second-order valence-electron chi connectivity index (χ2n) is 2.80. The fourth-order valence-electron chi connectivity index (χ4n) is 1.04. The molecule has 0 amide bonds. The van der Waals surface area contributed by atoms with Gasteiger partial charge in [-0.2, -0.15) is 10.5 Å². The molecule has 0 atom stereocenters. The molecule has 0 aliphatic rings. The summed E-state index contributed by atoms with van der Waals surface area (Å²) in [6.45, 7) is 1.94. The van der Waals surface area contributed by atoms with Crippen LogP contribution in [0.4, 0.5) is 0 Å². The molecule has 0 saturated heterocycles. The molecule has 0 radical (unpaired) electrons. The molecule has 0 aromatic heterocycles. The van der Waals surface area contributed by atoms with Crippen LogP contribution >= 0.6 is 0 Å². The van der Waals surface area contributed by atoms with Gasteiger partial charge in [-0.15, -0.1) is 0 Å². The number of nitrogens with zero attached hydrogens (tertiary/aromatic N) is 2. The van der Waals surface area contributed by atoms with Crippen LogP contribution in [0.3, 0.4) is 0 Å². The summed E-state index contributed by atoms with van der Waals surface area (Å²) in [6.07, 6.45) is 0.193. The van der Waals surface area contributed by atoms with Crippen molar-refractivity contribution in [3.05, 3.63) is 34.9 Å². The average Bonchev–Trinajstić information content (AvgIpc) is 2.19. The Morgan fingerprint density at radius 3 is 2.64 bits per heavy atom. The number of hydrogen-bond donors (Lipinski definition) is 0. The molecule has 66 valence electrons. The van der Waals surface area contributed by atoms with Crippen LogP contribution in [0.5, 0.6) is 0 Å². The van der Waals surface area contributed by atoms with Gasteiger partial charge in [0.05, 0.1) is 18.1 Å². The average molecular weight is 180 g/mol. The Labute approximate surface area is 83.4 Å². The predicted molar refractivity (Wildman–Crippen MR) is 53.0 cm³/mol. The minimum absolute atomic E-state index is 0.193. The fourth-order valence-corrected chi connectivity index (χ4v) is 1.04. The van der Waals surface area contributed by atoms with Gasteiger partial charge in [0.1, 0.15) is 6.07 Å². The second-order valence-corrected chi connectivity index (χ2v) is 2.80. The zero-order valence-electron chi connectivity index (χ0n) is 7.83. The van der Waals surface area contributed by atoms with Crippen LogP contribution in [-0.2, 0) is 0 Å². The Kier molecular flexibility index (Phi) is 3.31. The zero-order chi connectivity index (χ0) is 10.4. The van der Waals surface area contributed by atoms with Gasteiger partial charge < -0.3 is 0 Å². The molecule has 0 aliphatic carbocycles. The number of nitriles is 2. The van der Waals surface area contributed by atoms with Gasteiger partial charge in [-0.25, -0.2) is 0 Å². The molecular weight excluding hydrogens is 172 g/mol. The van der Waals surface area contributed by atoms with Crippen LogP contribution in [0.15, 0.2) is 18.2 Å². The first kappa shape index (κ1) is 9.85.